The van der Waals surface area contributed by atoms with E-state index in [0.717, 1.165) is 0 Å². The highest BCUT2D eigenvalue weighted by Gasteiger charge is 2.27. The fraction of sp³-hybridized carbons (Fsp3) is 0.429. The van der Waals surface area contributed by atoms with Crippen LogP contribution in [0.4, 0.5) is 5.69 Å². The lowest BCUT2D eigenvalue weighted by molar-refractivity contribution is -0.168. The van der Waals surface area contributed by atoms with Gasteiger partial charge >= 0.3 is 11.9 Å². The van der Waals surface area contributed by atoms with Crippen molar-refractivity contribution < 1.29 is 28.9 Å². The summed E-state index contributed by atoms with van der Waals surface area (Å²) in [6.07, 6.45) is -0.0103. The van der Waals surface area contributed by atoms with Crippen LogP contribution in [0.15, 0.2) is 18.2 Å². The van der Waals surface area contributed by atoms with Gasteiger partial charge in [-0.25, -0.2) is 4.79 Å². The van der Waals surface area contributed by atoms with Gasteiger partial charge in [-0.1, -0.05) is 0 Å². The molecule has 0 saturated carbocycles. The van der Waals surface area contributed by atoms with Crippen LogP contribution in [0.25, 0.3) is 0 Å². The molecule has 2 unspecified atom stereocenters. The molecular weight excluding hydrogens is 278 g/mol. The summed E-state index contributed by atoms with van der Waals surface area (Å²) in [6, 6.07) is 4.36. The third kappa shape index (κ3) is 4.09. The van der Waals surface area contributed by atoms with Gasteiger partial charge in [0.05, 0.1) is 6.61 Å². The molecule has 1 fully saturated rings. The number of anilines is 1. The van der Waals surface area contributed by atoms with Crippen molar-refractivity contribution >= 4 is 17.6 Å². The highest BCUT2D eigenvalue weighted by molar-refractivity contribution is 5.92. The second-order valence-electron chi connectivity index (χ2n) is 4.73. The Morgan fingerprint density at radius 3 is 2.86 bits per heavy atom. The molecule has 1 aromatic rings. The largest absolute Gasteiger partial charge is 0.478 e. The molecule has 3 N–H and O–H groups in total. The Bertz CT molecular complexity index is 544. The van der Waals surface area contributed by atoms with E-state index in [1.807, 2.05) is 0 Å². The molecule has 0 aliphatic carbocycles. The number of carboxylic acid groups (broad SMARTS) is 1. The van der Waals surface area contributed by atoms with E-state index in [9.17, 15) is 9.59 Å². The van der Waals surface area contributed by atoms with Gasteiger partial charge in [0.1, 0.15) is 17.4 Å². The van der Waals surface area contributed by atoms with E-state index in [1.165, 1.54) is 19.1 Å². The fourth-order valence-electron chi connectivity index (χ4n) is 2.11. The van der Waals surface area contributed by atoms with Crippen molar-refractivity contribution in [3.8, 4) is 5.75 Å². The third-order valence-corrected chi connectivity index (χ3v) is 3.02. The van der Waals surface area contributed by atoms with Crippen LogP contribution in [-0.4, -0.2) is 36.0 Å². The van der Waals surface area contributed by atoms with Crippen molar-refractivity contribution in [2.45, 2.75) is 32.2 Å². The van der Waals surface area contributed by atoms with Gasteiger partial charge in [0.25, 0.3) is 0 Å². The van der Waals surface area contributed by atoms with E-state index in [0.29, 0.717) is 25.1 Å². The first kappa shape index (κ1) is 15.1. The Kier molecular flexibility index (Phi) is 4.64. The summed E-state index contributed by atoms with van der Waals surface area (Å²) >= 11 is 0. The molecule has 1 aliphatic heterocycles. The van der Waals surface area contributed by atoms with E-state index in [4.69, 9.17) is 25.1 Å². The Hall–Kier alpha value is -2.28. The maximum absolute atomic E-state index is 11.2. The van der Waals surface area contributed by atoms with E-state index in [1.54, 1.807) is 6.07 Å². The van der Waals surface area contributed by atoms with E-state index in [-0.39, 0.29) is 23.4 Å². The molecule has 7 heteroatoms. The molecular formula is C14H17NO6. The fourth-order valence-corrected chi connectivity index (χ4v) is 2.11. The van der Waals surface area contributed by atoms with Crippen molar-refractivity contribution in [1.29, 1.82) is 0 Å². The number of rotatable bonds is 4. The van der Waals surface area contributed by atoms with Crippen LogP contribution in [0.2, 0.25) is 0 Å². The molecule has 21 heavy (non-hydrogen) atoms. The molecule has 2 rings (SSSR count). The number of carbonyl (C=O) groups excluding carboxylic acids is 1. The molecule has 0 spiro atoms. The highest BCUT2D eigenvalue weighted by Crippen LogP contribution is 2.26. The molecule has 0 aromatic heterocycles. The Morgan fingerprint density at radius 2 is 2.19 bits per heavy atom. The van der Waals surface area contributed by atoms with Gasteiger partial charge in [-0.3, -0.25) is 4.79 Å². The lowest BCUT2D eigenvalue weighted by atomic mass is 10.1. The normalized spacial score (nSPS) is 21.6. The number of carboxylic acids is 1. The molecule has 1 heterocycles. The predicted octanol–water partition coefficient (Wildman–Crippen LogP) is 1.41. The minimum Gasteiger partial charge on any atom is -0.478 e. The molecule has 1 saturated heterocycles. The van der Waals surface area contributed by atoms with E-state index >= 15 is 0 Å². The number of aromatic carboxylic acids is 1. The van der Waals surface area contributed by atoms with Crippen LogP contribution < -0.4 is 10.5 Å². The first-order valence-electron chi connectivity index (χ1n) is 6.54. The van der Waals surface area contributed by atoms with E-state index in [2.05, 4.69) is 0 Å². The van der Waals surface area contributed by atoms with Gasteiger partial charge in [0.15, 0.2) is 0 Å². The Labute approximate surface area is 121 Å². The zero-order valence-corrected chi connectivity index (χ0v) is 11.6. The topological polar surface area (TPSA) is 108 Å². The molecule has 2 atom stereocenters. The number of ether oxygens (including phenoxy) is 3. The number of hydrogen-bond acceptors (Lipinski definition) is 6. The predicted molar refractivity (Wildman–Crippen MR) is 73.0 cm³/mol. The maximum Gasteiger partial charge on any atom is 0.339 e. The van der Waals surface area contributed by atoms with Crippen molar-refractivity contribution in [2.24, 2.45) is 0 Å². The van der Waals surface area contributed by atoms with Crippen molar-refractivity contribution in [3.63, 3.8) is 0 Å². The quantitative estimate of drug-likeness (QED) is 0.638. The molecule has 114 valence electrons. The average molecular weight is 295 g/mol. The highest BCUT2D eigenvalue weighted by atomic mass is 16.7. The van der Waals surface area contributed by atoms with Crippen molar-refractivity contribution in [2.75, 3.05) is 12.3 Å². The minimum absolute atomic E-state index is 0.0341. The number of esters is 1. The van der Waals surface area contributed by atoms with Crippen LogP contribution in [0.3, 0.4) is 0 Å². The van der Waals surface area contributed by atoms with Crippen LogP contribution in [0.5, 0.6) is 5.75 Å². The summed E-state index contributed by atoms with van der Waals surface area (Å²) in [5.41, 5.74) is 5.87. The molecule has 0 amide bonds. The number of carbonyl (C=O) groups is 2. The summed E-state index contributed by atoms with van der Waals surface area (Å²) in [7, 11) is 0. The van der Waals surface area contributed by atoms with Gasteiger partial charge in [0, 0.05) is 25.5 Å². The van der Waals surface area contributed by atoms with Crippen LogP contribution in [-0.2, 0) is 14.3 Å². The molecule has 0 radical (unpaired) electrons. The first-order valence-corrected chi connectivity index (χ1v) is 6.54. The number of hydrogen-bond donors (Lipinski definition) is 2. The second kappa shape index (κ2) is 6.45. The lowest BCUT2D eigenvalue weighted by Gasteiger charge is -2.29. The third-order valence-electron chi connectivity index (χ3n) is 3.02. The van der Waals surface area contributed by atoms with Crippen LogP contribution in [0, 0.1) is 0 Å². The summed E-state index contributed by atoms with van der Waals surface area (Å²) in [4.78, 5) is 22.1. The lowest BCUT2D eigenvalue weighted by Crippen LogP contribution is -2.35. The molecule has 1 aliphatic rings. The average Bonchev–Trinajstić information content (AvgIpc) is 2.40. The standard InChI is InChI=1S/C14H17NO6/c1-8(16)20-10-4-5-19-13(7-10)21-12-3-2-9(15)6-11(12)14(17)18/h2-3,6,10,13H,4-5,7,15H2,1H3,(H,17,18). The number of nitrogen functional groups attached to an aromatic ring is 1. The number of benzene rings is 1. The van der Waals surface area contributed by atoms with Crippen LogP contribution in [0.1, 0.15) is 30.1 Å². The molecule has 0 bridgehead atoms. The van der Waals surface area contributed by atoms with Gasteiger partial charge in [0.2, 0.25) is 6.29 Å². The van der Waals surface area contributed by atoms with Crippen molar-refractivity contribution in [1.82, 2.24) is 0 Å². The van der Waals surface area contributed by atoms with Crippen molar-refractivity contribution in [3.05, 3.63) is 23.8 Å². The Balaban J connectivity index is 2.07. The van der Waals surface area contributed by atoms with Crippen LogP contribution >= 0.6 is 0 Å². The van der Waals surface area contributed by atoms with Gasteiger partial charge in [-0.05, 0) is 18.2 Å². The second-order valence-corrected chi connectivity index (χ2v) is 4.73. The Morgan fingerprint density at radius 1 is 1.43 bits per heavy atom. The van der Waals surface area contributed by atoms with Gasteiger partial charge in [-0.2, -0.15) is 0 Å². The first-order chi connectivity index (χ1) is 9.95. The molecule has 1 aromatic carbocycles. The number of nitrogens with two attached hydrogens (primary N) is 1. The summed E-state index contributed by atoms with van der Waals surface area (Å²) < 4.78 is 16.1. The van der Waals surface area contributed by atoms with E-state index < -0.39 is 12.3 Å². The smallest absolute Gasteiger partial charge is 0.339 e. The summed E-state index contributed by atoms with van der Waals surface area (Å²) in [5.74, 6) is -1.32. The molecule has 7 nitrogen and oxygen atoms in total. The SMILES string of the molecule is CC(=O)OC1CCOC(Oc2ccc(N)cc2C(=O)O)C1. The zero-order valence-electron chi connectivity index (χ0n) is 11.6. The summed E-state index contributed by atoms with van der Waals surface area (Å²) in [6.45, 7) is 1.72. The zero-order chi connectivity index (χ0) is 15.4. The summed E-state index contributed by atoms with van der Waals surface area (Å²) in [5, 5.41) is 9.14. The van der Waals surface area contributed by atoms with Gasteiger partial charge in [-0.15, -0.1) is 0 Å². The monoisotopic (exact) mass is 295 g/mol. The maximum atomic E-state index is 11.2. The minimum atomic E-state index is -1.13. The van der Waals surface area contributed by atoms with Gasteiger partial charge < -0.3 is 25.1 Å².